The molecule has 2 aromatic rings. The lowest BCUT2D eigenvalue weighted by Gasteiger charge is -2.17. The van der Waals surface area contributed by atoms with Gasteiger partial charge in [-0.1, -0.05) is 37.3 Å². The second-order valence-corrected chi connectivity index (χ2v) is 6.96. The van der Waals surface area contributed by atoms with Gasteiger partial charge in [-0.3, -0.25) is 5.32 Å². The highest BCUT2D eigenvalue weighted by Crippen LogP contribution is 2.39. The first-order valence-electron chi connectivity index (χ1n) is 7.69. The molecule has 23 heavy (non-hydrogen) atoms. The smallest absolute Gasteiger partial charge is 0.412 e. The highest BCUT2D eigenvalue weighted by atomic mass is 32.1. The minimum atomic E-state index is -0.517. The number of carbonyl (C=O) groups excluding carboxylic acids is 1. The Bertz CT molecular complexity index is 746. The zero-order valence-corrected chi connectivity index (χ0v) is 13.8. The summed E-state index contributed by atoms with van der Waals surface area (Å²) in [5.74, 6) is 0.630. The van der Waals surface area contributed by atoms with Gasteiger partial charge < -0.3 is 4.74 Å². The van der Waals surface area contributed by atoms with Gasteiger partial charge in [-0.15, -0.1) is 11.3 Å². The van der Waals surface area contributed by atoms with Crippen LogP contribution in [0.4, 0.5) is 9.80 Å². The summed E-state index contributed by atoms with van der Waals surface area (Å²) in [6, 6.07) is 11.8. The fourth-order valence-corrected chi connectivity index (χ4v) is 4.16. The quantitative estimate of drug-likeness (QED) is 0.903. The largest absolute Gasteiger partial charge is 0.444 e. The van der Waals surface area contributed by atoms with E-state index in [1.165, 1.54) is 16.2 Å². The van der Waals surface area contributed by atoms with Gasteiger partial charge in [-0.05, 0) is 36.3 Å². The van der Waals surface area contributed by atoms with E-state index in [4.69, 9.17) is 4.74 Å². The van der Waals surface area contributed by atoms with E-state index < -0.39 is 6.09 Å². The molecule has 0 saturated carbocycles. The number of ether oxygens (including phenoxy) is 1. The van der Waals surface area contributed by atoms with Crippen molar-refractivity contribution >= 4 is 22.4 Å². The summed E-state index contributed by atoms with van der Waals surface area (Å²) in [5, 5.41) is 12.8. The number of hydrogen-bond donors (Lipinski definition) is 1. The van der Waals surface area contributed by atoms with Gasteiger partial charge in [0.15, 0.2) is 0 Å². The van der Waals surface area contributed by atoms with Crippen molar-refractivity contribution in [3.05, 3.63) is 51.9 Å². The number of fused-ring (bicyclic) bond motifs is 1. The van der Waals surface area contributed by atoms with Crippen molar-refractivity contribution in [3.8, 4) is 6.07 Å². The molecule has 118 valence electrons. The van der Waals surface area contributed by atoms with Crippen LogP contribution in [-0.4, -0.2) is 6.09 Å². The van der Waals surface area contributed by atoms with E-state index in [0.29, 0.717) is 16.5 Å². The molecule has 0 bridgehead atoms. The normalized spacial score (nSPS) is 16.3. The third-order valence-corrected chi connectivity index (χ3v) is 5.22. The highest BCUT2D eigenvalue weighted by Gasteiger charge is 2.24. The topological polar surface area (TPSA) is 62.1 Å². The third kappa shape index (κ3) is 3.54. The Morgan fingerprint density at radius 1 is 1.43 bits per heavy atom. The fourth-order valence-electron chi connectivity index (χ4n) is 2.81. The van der Waals surface area contributed by atoms with E-state index in [1.807, 2.05) is 30.3 Å². The number of rotatable bonds is 3. The Morgan fingerprint density at radius 2 is 2.22 bits per heavy atom. The van der Waals surface area contributed by atoms with Crippen molar-refractivity contribution in [1.29, 1.82) is 5.26 Å². The molecule has 1 aliphatic rings. The van der Waals surface area contributed by atoms with Gasteiger partial charge >= 0.3 is 6.09 Å². The van der Waals surface area contributed by atoms with E-state index in [1.54, 1.807) is 0 Å². The van der Waals surface area contributed by atoms with Gasteiger partial charge in [-0.2, -0.15) is 5.26 Å². The average molecular weight is 326 g/mol. The SMILES string of the molecule is CC1CCc2c(sc(NC(=O)OCc3ccccc3)c2C#N)C1. The van der Waals surface area contributed by atoms with E-state index in [9.17, 15) is 10.1 Å². The summed E-state index contributed by atoms with van der Waals surface area (Å²) in [6.45, 7) is 2.44. The average Bonchev–Trinajstić information content (AvgIpc) is 2.89. The van der Waals surface area contributed by atoms with Crippen molar-refractivity contribution in [2.75, 3.05) is 5.32 Å². The predicted octanol–water partition coefficient (Wildman–Crippen LogP) is 4.49. The molecular weight excluding hydrogens is 308 g/mol. The van der Waals surface area contributed by atoms with Crippen LogP contribution in [0, 0.1) is 17.2 Å². The molecule has 0 aliphatic heterocycles. The Balaban J connectivity index is 1.68. The maximum atomic E-state index is 12.0. The van der Waals surface area contributed by atoms with E-state index in [-0.39, 0.29) is 6.61 Å². The molecule has 0 spiro atoms. The lowest BCUT2D eigenvalue weighted by Crippen LogP contribution is -2.13. The molecule has 1 atom stereocenters. The number of hydrogen-bond acceptors (Lipinski definition) is 4. The summed E-state index contributed by atoms with van der Waals surface area (Å²) in [4.78, 5) is 13.2. The van der Waals surface area contributed by atoms with Crippen LogP contribution in [0.25, 0.3) is 0 Å². The second kappa shape index (κ2) is 6.84. The first-order valence-corrected chi connectivity index (χ1v) is 8.51. The molecule has 5 heteroatoms. The summed E-state index contributed by atoms with van der Waals surface area (Å²) >= 11 is 1.51. The van der Waals surface area contributed by atoms with Crippen molar-refractivity contribution in [1.82, 2.24) is 0 Å². The predicted molar refractivity (Wildman–Crippen MR) is 90.5 cm³/mol. The number of nitrogens with one attached hydrogen (secondary N) is 1. The molecule has 1 heterocycles. The maximum absolute atomic E-state index is 12.0. The summed E-state index contributed by atoms with van der Waals surface area (Å²) in [5.41, 5.74) is 2.64. The number of carbonyl (C=O) groups is 1. The van der Waals surface area contributed by atoms with Crippen LogP contribution >= 0.6 is 11.3 Å². The molecule has 0 saturated heterocycles. The molecule has 1 aromatic carbocycles. The second-order valence-electron chi connectivity index (χ2n) is 5.85. The number of nitriles is 1. The van der Waals surface area contributed by atoms with Crippen molar-refractivity contribution in [2.24, 2.45) is 5.92 Å². The maximum Gasteiger partial charge on any atom is 0.412 e. The minimum absolute atomic E-state index is 0.219. The zero-order chi connectivity index (χ0) is 16.2. The van der Waals surface area contributed by atoms with Crippen LogP contribution in [0.15, 0.2) is 30.3 Å². The third-order valence-electron chi connectivity index (χ3n) is 4.05. The molecule has 1 aromatic heterocycles. The van der Waals surface area contributed by atoms with Crippen LogP contribution < -0.4 is 5.32 Å². The van der Waals surface area contributed by atoms with Crippen LogP contribution in [-0.2, 0) is 24.2 Å². The van der Waals surface area contributed by atoms with Crippen molar-refractivity contribution in [2.45, 2.75) is 32.8 Å². The lowest BCUT2D eigenvalue weighted by molar-refractivity contribution is 0.155. The first-order chi connectivity index (χ1) is 11.2. The number of nitrogens with zero attached hydrogens (tertiary/aromatic N) is 1. The van der Waals surface area contributed by atoms with Crippen molar-refractivity contribution in [3.63, 3.8) is 0 Å². The van der Waals surface area contributed by atoms with Gasteiger partial charge in [0, 0.05) is 4.88 Å². The summed E-state index contributed by atoms with van der Waals surface area (Å²) in [7, 11) is 0. The molecule has 3 rings (SSSR count). The zero-order valence-electron chi connectivity index (χ0n) is 13.0. The van der Waals surface area contributed by atoms with Gasteiger partial charge in [0.25, 0.3) is 0 Å². The molecule has 4 nitrogen and oxygen atoms in total. The molecule has 0 radical (unpaired) electrons. The molecule has 1 N–H and O–H groups in total. The van der Waals surface area contributed by atoms with Gasteiger partial charge in [-0.25, -0.2) is 4.79 Å². The number of anilines is 1. The number of benzene rings is 1. The van der Waals surface area contributed by atoms with Crippen molar-refractivity contribution < 1.29 is 9.53 Å². The lowest BCUT2D eigenvalue weighted by atomic mass is 9.89. The molecule has 1 unspecified atom stereocenters. The van der Waals surface area contributed by atoms with E-state index >= 15 is 0 Å². The Hall–Kier alpha value is -2.32. The monoisotopic (exact) mass is 326 g/mol. The Kier molecular flexibility index (Phi) is 4.63. The van der Waals surface area contributed by atoms with Crippen LogP contribution in [0.1, 0.15) is 34.9 Å². The van der Waals surface area contributed by atoms with Crippen LogP contribution in [0.3, 0.4) is 0 Å². The summed E-state index contributed by atoms with van der Waals surface area (Å²) in [6.07, 6.45) is 2.47. The summed E-state index contributed by atoms with van der Waals surface area (Å²) < 4.78 is 5.23. The van der Waals surface area contributed by atoms with Gasteiger partial charge in [0.05, 0.1) is 5.56 Å². The Morgan fingerprint density at radius 3 is 2.96 bits per heavy atom. The van der Waals surface area contributed by atoms with Gasteiger partial charge in [0.2, 0.25) is 0 Å². The molecular formula is C18H18N2O2S. The molecule has 1 aliphatic carbocycles. The standard InChI is InChI=1S/C18H18N2O2S/c1-12-7-8-14-15(10-19)17(23-16(14)9-12)20-18(21)22-11-13-5-3-2-4-6-13/h2-6,12H,7-9,11H2,1H3,(H,20,21). The van der Waals surface area contributed by atoms with E-state index in [0.717, 1.165) is 30.4 Å². The highest BCUT2D eigenvalue weighted by molar-refractivity contribution is 7.16. The van der Waals surface area contributed by atoms with Gasteiger partial charge in [0.1, 0.15) is 17.7 Å². The molecule has 0 fully saturated rings. The van der Waals surface area contributed by atoms with Crippen LogP contribution in [0.5, 0.6) is 0 Å². The Labute approximate surface area is 139 Å². The van der Waals surface area contributed by atoms with E-state index in [2.05, 4.69) is 18.3 Å². The molecule has 1 amide bonds. The fraction of sp³-hybridized carbons (Fsp3) is 0.333. The minimum Gasteiger partial charge on any atom is -0.444 e. The number of amides is 1. The first kappa shape index (κ1) is 15.6. The number of thiophene rings is 1. The van der Waals surface area contributed by atoms with Crippen LogP contribution in [0.2, 0.25) is 0 Å².